The van der Waals surface area contributed by atoms with E-state index in [1.165, 1.54) is 4.68 Å². The Hall–Kier alpha value is -3.62. The van der Waals surface area contributed by atoms with Crippen LogP contribution >= 0.6 is 0 Å². The highest BCUT2D eigenvalue weighted by Gasteiger charge is 2.33. The van der Waals surface area contributed by atoms with Crippen molar-refractivity contribution in [1.29, 1.82) is 0 Å². The van der Waals surface area contributed by atoms with E-state index in [1.807, 2.05) is 13.0 Å². The minimum atomic E-state index is -1.50. The second kappa shape index (κ2) is 6.97. The zero-order valence-electron chi connectivity index (χ0n) is 16.8. The molecule has 0 spiro atoms. The van der Waals surface area contributed by atoms with Crippen LogP contribution in [0.2, 0.25) is 0 Å². The number of aromatic nitrogens is 4. The lowest BCUT2D eigenvalue weighted by Gasteiger charge is -2.33. The molecule has 6 nitrogen and oxygen atoms in total. The fourth-order valence-electron chi connectivity index (χ4n) is 4.30. The molecule has 1 atom stereocenters. The molecule has 1 aliphatic heterocycles. The highest BCUT2D eigenvalue weighted by Crippen LogP contribution is 2.36. The molecule has 1 aliphatic rings. The smallest absolute Gasteiger partial charge is 0.254 e. The summed E-state index contributed by atoms with van der Waals surface area (Å²) < 4.78 is 44.2. The number of pyridine rings is 1. The molecule has 0 aliphatic carbocycles. The van der Waals surface area contributed by atoms with Gasteiger partial charge in [-0.25, -0.2) is 17.7 Å². The molecule has 1 amide bonds. The predicted octanol–water partition coefficient (Wildman–Crippen LogP) is 3.91. The molecule has 31 heavy (non-hydrogen) atoms. The van der Waals surface area contributed by atoms with Gasteiger partial charge in [0.25, 0.3) is 5.91 Å². The minimum absolute atomic E-state index is 0.132. The third kappa shape index (κ3) is 2.99. The Bertz CT molecular complexity index is 1320. The molecule has 5 rings (SSSR count). The van der Waals surface area contributed by atoms with E-state index in [-0.39, 0.29) is 17.5 Å². The molecule has 3 aromatic heterocycles. The minimum Gasteiger partial charge on any atom is -0.330 e. The van der Waals surface area contributed by atoms with Crippen LogP contribution in [0.3, 0.4) is 0 Å². The second-order valence-electron chi connectivity index (χ2n) is 7.63. The Labute approximate surface area is 175 Å². The summed E-state index contributed by atoms with van der Waals surface area (Å²) in [7, 11) is 1.67. The molecule has 4 aromatic rings. The standard InChI is InChI=1S/C22H18F3N5O/c1-12-20-16(21(28(2)27-20)14-10-17(23)19(25)18(24)11-14)5-7-29(12)22(31)13-4-8-30-15(9-13)3-6-26-30/h3-4,6,8-12H,5,7H2,1-2H3. The van der Waals surface area contributed by atoms with Crippen LogP contribution in [0.25, 0.3) is 16.8 Å². The molecule has 0 fully saturated rings. The van der Waals surface area contributed by atoms with Crippen molar-refractivity contribution < 1.29 is 18.0 Å². The van der Waals surface area contributed by atoms with E-state index in [0.717, 1.165) is 23.2 Å². The second-order valence-corrected chi connectivity index (χ2v) is 7.63. The summed E-state index contributed by atoms with van der Waals surface area (Å²) in [6, 6.07) is 6.93. The van der Waals surface area contributed by atoms with Crippen LogP contribution in [-0.4, -0.2) is 36.7 Å². The number of aryl methyl sites for hydroxylation is 1. The van der Waals surface area contributed by atoms with Gasteiger partial charge in [-0.2, -0.15) is 10.2 Å². The number of hydrogen-bond acceptors (Lipinski definition) is 3. The number of rotatable bonds is 2. The first-order chi connectivity index (χ1) is 14.8. The van der Waals surface area contributed by atoms with Gasteiger partial charge in [0.15, 0.2) is 17.5 Å². The topological polar surface area (TPSA) is 55.4 Å². The van der Waals surface area contributed by atoms with Crippen LogP contribution in [0.5, 0.6) is 0 Å². The monoisotopic (exact) mass is 425 g/mol. The average molecular weight is 425 g/mol. The number of amides is 1. The first-order valence-corrected chi connectivity index (χ1v) is 9.80. The summed E-state index contributed by atoms with van der Waals surface area (Å²) >= 11 is 0. The van der Waals surface area contributed by atoms with E-state index < -0.39 is 17.5 Å². The zero-order valence-corrected chi connectivity index (χ0v) is 16.8. The molecule has 0 saturated carbocycles. The number of hydrogen-bond donors (Lipinski definition) is 0. The van der Waals surface area contributed by atoms with Gasteiger partial charge in [-0.1, -0.05) is 0 Å². The first-order valence-electron chi connectivity index (χ1n) is 9.80. The van der Waals surface area contributed by atoms with Crippen molar-refractivity contribution in [2.45, 2.75) is 19.4 Å². The van der Waals surface area contributed by atoms with Gasteiger partial charge in [0.05, 0.1) is 22.9 Å². The summed E-state index contributed by atoms with van der Waals surface area (Å²) in [5.74, 6) is -4.13. The Balaban J connectivity index is 1.51. The molecule has 1 unspecified atom stereocenters. The van der Waals surface area contributed by atoms with Crippen molar-refractivity contribution in [2.24, 2.45) is 7.05 Å². The molecule has 0 radical (unpaired) electrons. The maximum Gasteiger partial charge on any atom is 0.254 e. The van der Waals surface area contributed by atoms with Crippen LogP contribution in [-0.2, 0) is 13.5 Å². The van der Waals surface area contributed by atoms with Gasteiger partial charge in [-0.05, 0) is 43.7 Å². The van der Waals surface area contributed by atoms with Crippen molar-refractivity contribution >= 4 is 11.4 Å². The fraction of sp³-hybridized carbons (Fsp3) is 0.227. The van der Waals surface area contributed by atoms with Gasteiger partial charge in [0.2, 0.25) is 0 Å². The Morgan fingerprint density at radius 1 is 1.13 bits per heavy atom. The lowest BCUT2D eigenvalue weighted by atomic mass is 9.95. The molecule has 0 N–H and O–H groups in total. The van der Waals surface area contributed by atoms with Gasteiger partial charge in [0.1, 0.15) is 0 Å². The summed E-state index contributed by atoms with van der Waals surface area (Å²) in [4.78, 5) is 14.9. The van der Waals surface area contributed by atoms with Crippen molar-refractivity contribution in [1.82, 2.24) is 24.3 Å². The lowest BCUT2D eigenvalue weighted by molar-refractivity contribution is 0.0673. The van der Waals surface area contributed by atoms with Crippen LogP contribution in [0.15, 0.2) is 42.7 Å². The quantitative estimate of drug-likeness (QED) is 0.458. The third-order valence-corrected chi connectivity index (χ3v) is 5.81. The summed E-state index contributed by atoms with van der Waals surface area (Å²) in [5.41, 5.74) is 3.56. The van der Waals surface area contributed by atoms with Gasteiger partial charge in [-0.15, -0.1) is 0 Å². The number of carbonyl (C=O) groups is 1. The van der Waals surface area contributed by atoms with Crippen molar-refractivity contribution in [3.8, 4) is 11.3 Å². The maximum absolute atomic E-state index is 13.8. The molecule has 0 bridgehead atoms. The van der Waals surface area contributed by atoms with Crippen molar-refractivity contribution in [3.63, 3.8) is 0 Å². The highest BCUT2D eigenvalue weighted by molar-refractivity contribution is 5.95. The number of nitrogens with zero attached hydrogens (tertiary/aromatic N) is 5. The Morgan fingerprint density at radius 2 is 1.87 bits per heavy atom. The van der Waals surface area contributed by atoms with Crippen LogP contribution in [0, 0.1) is 17.5 Å². The normalized spacial score (nSPS) is 16.0. The number of halogens is 3. The molecule has 158 valence electrons. The van der Waals surface area contributed by atoms with Gasteiger partial charge in [-0.3, -0.25) is 9.48 Å². The van der Waals surface area contributed by atoms with E-state index in [9.17, 15) is 18.0 Å². The van der Waals surface area contributed by atoms with Crippen molar-refractivity contribution in [3.05, 3.63) is 77.0 Å². The van der Waals surface area contributed by atoms with Crippen molar-refractivity contribution in [2.75, 3.05) is 6.54 Å². The SMILES string of the molecule is CC1c2nn(C)c(-c3cc(F)c(F)c(F)c3)c2CCN1C(=O)c1ccn2nccc2c1. The maximum atomic E-state index is 13.8. The van der Waals surface area contributed by atoms with Crippen LogP contribution in [0.1, 0.15) is 34.6 Å². The highest BCUT2D eigenvalue weighted by atomic mass is 19.2. The number of benzene rings is 1. The van der Waals surface area contributed by atoms with Gasteiger partial charge >= 0.3 is 0 Å². The van der Waals surface area contributed by atoms with Crippen LogP contribution < -0.4 is 0 Å². The number of fused-ring (bicyclic) bond motifs is 2. The van der Waals surface area contributed by atoms with Gasteiger partial charge in [0, 0.05) is 42.7 Å². The van der Waals surface area contributed by atoms with Gasteiger partial charge < -0.3 is 4.90 Å². The molecule has 4 heterocycles. The lowest BCUT2D eigenvalue weighted by Crippen LogP contribution is -2.39. The van der Waals surface area contributed by atoms with E-state index >= 15 is 0 Å². The average Bonchev–Trinajstić information content (AvgIpc) is 3.35. The third-order valence-electron chi connectivity index (χ3n) is 5.81. The zero-order chi connectivity index (χ0) is 21.9. The van der Waals surface area contributed by atoms with E-state index in [0.29, 0.717) is 29.9 Å². The summed E-state index contributed by atoms with van der Waals surface area (Å²) in [5, 5.41) is 8.67. The Morgan fingerprint density at radius 3 is 2.61 bits per heavy atom. The molecular formula is C22H18F3N5O. The molecule has 9 heteroatoms. The molecule has 1 aromatic carbocycles. The predicted molar refractivity (Wildman–Crippen MR) is 107 cm³/mol. The Kier molecular flexibility index (Phi) is 4.35. The van der Waals surface area contributed by atoms with E-state index in [2.05, 4.69) is 10.2 Å². The fourth-order valence-corrected chi connectivity index (χ4v) is 4.30. The summed E-state index contributed by atoms with van der Waals surface area (Å²) in [6.07, 6.45) is 3.86. The van der Waals surface area contributed by atoms with E-state index in [4.69, 9.17) is 0 Å². The number of carbonyl (C=O) groups excluding carboxylic acids is 1. The molecular weight excluding hydrogens is 407 g/mol. The molecule has 0 saturated heterocycles. The largest absolute Gasteiger partial charge is 0.330 e. The van der Waals surface area contributed by atoms with Crippen LogP contribution in [0.4, 0.5) is 13.2 Å². The summed E-state index contributed by atoms with van der Waals surface area (Å²) in [6.45, 7) is 2.29. The van der Waals surface area contributed by atoms with E-state index in [1.54, 1.807) is 41.0 Å². The first kappa shape index (κ1) is 19.3.